The molecule has 1 saturated heterocycles. The zero-order valence-electron chi connectivity index (χ0n) is 28.8. The van der Waals surface area contributed by atoms with Gasteiger partial charge in [-0.3, -0.25) is 9.59 Å². The Morgan fingerprint density at radius 1 is 1.14 bits per heavy atom. The van der Waals surface area contributed by atoms with Gasteiger partial charge in [0.1, 0.15) is 0 Å². The van der Waals surface area contributed by atoms with Crippen LogP contribution in [0.1, 0.15) is 58.9 Å². The number of aliphatic hydroxyl groups is 1. The minimum absolute atomic E-state index is 0.0407. The second-order valence-electron chi connectivity index (χ2n) is 14.6. The van der Waals surface area contributed by atoms with Crippen LogP contribution in [-0.2, 0) is 38.2 Å². The molecule has 0 bridgehead atoms. The van der Waals surface area contributed by atoms with Crippen molar-refractivity contribution >= 4 is 29.6 Å². The van der Waals surface area contributed by atoms with E-state index >= 15 is 4.39 Å². The lowest BCUT2D eigenvalue weighted by Crippen LogP contribution is -2.70. The maximum absolute atomic E-state index is 17.6. The Balaban J connectivity index is 1.19. The molecule has 1 N–H and O–H groups in total. The second-order valence-corrected chi connectivity index (χ2v) is 14.6. The predicted molar refractivity (Wildman–Crippen MR) is 173 cm³/mol. The van der Waals surface area contributed by atoms with Crippen molar-refractivity contribution in [3.8, 4) is 11.5 Å². The lowest BCUT2D eigenvalue weighted by atomic mass is 9.44. The Hall–Kier alpha value is -4.47. The number of hydrogen-bond donors (Lipinski definition) is 1. The summed E-state index contributed by atoms with van der Waals surface area (Å²) < 4.78 is 46.0. The smallest absolute Gasteiger partial charge is 0.337 e. The van der Waals surface area contributed by atoms with Gasteiger partial charge in [0, 0.05) is 22.8 Å². The van der Waals surface area contributed by atoms with E-state index in [-0.39, 0.29) is 30.1 Å². The van der Waals surface area contributed by atoms with Gasteiger partial charge < -0.3 is 33.6 Å². The number of halogens is 1. The monoisotopic (exact) mass is 713 g/mol. The summed E-state index contributed by atoms with van der Waals surface area (Å²) in [4.78, 5) is 65.4. The highest BCUT2D eigenvalue weighted by Crippen LogP contribution is 2.72. The lowest BCUT2D eigenvalue weighted by molar-refractivity contribution is -0.754. The number of hydrogen-bond acceptors (Lipinski definition) is 13. The van der Waals surface area contributed by atoms with Crippen LogP contribution in [0.15, 0.2) is 48.1 Å². The number of nitrogens with zero attached hydrogens (tertiary/aromatic N) is 1. The number of esters is 2. The number of carbonyl (C=O) groups is 4. The van der Waals surface area contributed by atoms with E-state index in [1.54, 1.807) is 26.8 Å². The number of alkyl halides is 1. The first-order valence-corrected chi connectivity index (χ1v) is 16.6. The van der Waals surface area contributed by atoms with Crippen LogP contribution in [0.25, 0.3) is 6.08 Å². The summed E-state index contributed by atoms with van der Waals surface area (Å²) in [5.41, 5.74) is -4.97. The van der Waals surface area contributed by atoms with Gasteiger partial charge in [-0.1, -0.05) is 24.6 Å². The van der Waals surface area contributed by atoms with Crippen LogP contribution in [0.3, 0.4) is 0 Å². The number of allylic oxidation sites excluding steroid dienone is 4. The predicted octanol–water partition coefficient (Wildman–Crippen LogP) is 3.81. The fourth-order valence-electron chi connectivity index (χ4n) is 9.39. The number of fused-ring (bicyclic) bond motifs is 7. The van der Waals surface area contributed by atoms with Crippen molar-refractivity contribution in [2.75, 3.05) is 20.3 Å². The van der Waals surface area contributed by atoms with Crippen molar-refractivity contribution in [2.45, 2.75) is 82.6 Å². The molecule has 4 fully saturated rings. The molecular weight excluding hydrogens is 673 g/mol. The molecule has 15 heteroatoms. The molecule has 6 rings (SSSR count). The molecule has 0 spiro atoms. The minimum atomic E-state index is -2.11. The summed E-state index contributed by atoms with van der Waals surface area (Å²) in [6, 6.07) is 4.27. The van der Waals surface area contributed by atoms with Gasteiger partial charge in [-0.2, -0.15) is 0 Å². The third kappa shape index (κ3) is 5.75. The van der Waals surface area contributed by atoms with Crippen molar-refractivity contribution < 1.29 is 62.3 Å². The number of benzene rings is 1. The first-order chi connectivity index (χ1) is 23.9. The normalized spacial score (nSPS) is 35.9. The average molecular weight is 714 g/mol. The Kier molecular flexibility index (Phi) is 9.00. The zero-order chi connectivity index (χ0) is 37.1. The summed E-state index contributed by atoms with van der Waals surface area (Å²) in [7, 11) is 1.31. The number of rotatable bonds is 10. The highest BCUT2D eigenvalue weighted by atomic mass is 19.1. The van der Waals surface area contributed by atoms with E-state index in [9.17, 15) is 34.4 Å². The van der Waals surface area contributed by atoms with E-state index in [1.807, 2.05) is 6.92 Å². The molecule has 0 amide bonds. The third-order valence-electron chi connectivity index (χ3n) is 11.5. The van der Waals surface area contributed by atoms with E-state index in [1.165, 1.54) is 43.5 Å². The SMILES string of the molecule is COc1cc(C=CC(=O)OCC(=O)[C@@]23OC(C)(C)O[C@@H]2C[C@H]2C4CCC5=CC(=O)C=C[C@]5(C)[C@@]4(F)[C@@H](O)C[C@@]23C)ccc1OC(=O)CO[N+](=O)[O-]. The van der Waals surface area contributed by atoms with Gasteiger partial charge in [0.25, 0.3) is 5.09 Å². The van der Waals surface area contributed by atoms with Crippen LogP contribution < -0.4 is 9.47 Å². The lowest BCUT2D eigenvalue weighted by Gasteiger charge is -2.62. The minimum Gasteiger partial charge on any atom is -0.493 e. The second kappa shape index (κ2) is 12.6. The van der Waals surface area contributed by atoms with Gasteiger partial charge in [-0.25, -0.2) is 14.0 Å². The molecule has 3 saturated carbocycles. The topological polar surface area (TPSA) is 187 Å². The van der Waals surface area contributed by atoms with E-state index in [2.05, 4.69) is 4.84 Å². The van der Waals surface area contributed by atoms with E-state index < -0.39 is 88.0 Å². The van der Waals surface area contributed by atoms with Crippen LogP contribution >= 0.6 is 0 Å². The Bertz CT molecular complexity index is 1770. The number of methoxy groups -OCH3 is 1. The Morgan fingerprint density at radius 3 is 2.59 bits per heavy atom. The number of carbonyl (C=O) groups excluding carboxylic acids is 4. The van der Waals surface area contributed by atoms with Crippen LogP contribution in [0.2, 0.25) is 0 Å². The average Bonchev–Trinajstić information content (AvgIpc) is 3.48. The highest BCUT2D eigenvalue weighted by Gasteiger charge is 2.80. The van der Waals surface area contributed by atoms with Crippen LogP contribution in [0.4, 0.5) is 4.39 Å². The number of aliphatic hydroxyl groups excluding tert-OH is 1. The number of ether oxygens (including phenoxy) is 5. The van der Waals surface area contributed by atoms with Crippen LogP contribution in [0, 0.1) is 32.8 Å². The van der Waals surface area contributed by atoms with Crippen LogP contribution in [-0.4, -0.2) is 83.3 Å². The highest BCUT2D eigenvalue weighted by molar-refractivity contribution is 6.01. The van der Waals surface area contributed by atoms with Gasteiger partial charge in [-0.15, -0.1) is 10.1 Å². The molecule has 1 aromatic carbocycles. The summed E-state index contributed by atoms with van der Waals surface area (Å²) in [6.07, 6.45) is 5.54. The maximum atomic E-state index is 17.6. The summed E-state index contributed by atoms with van der Waals surface area (Å²) in [5.74, 6) is -4.92. The molecule has 5 aliphatic rings. The van der Waals surface area contributed by atoms with Gasteiger partial charge in [0.05, 0.1) is 19.3 Å². The molecule has 14 nitrogen and oxygen atoms in total. The fourth-order valence-corrected chi connectivity index (χ4v) is 9.39. The molecule has 51 heavy (non-hydrogen) atoms. The molecule has 1 unspecified atom stereocenters. The maximum Gasteiger partial charge on any atom is 0.337 e. The summed E-state index contributed by atoms with van der Waals surface area (Å²) in [6.45, 7) is 5.29. The largest absolute Gasteiger partial charge is 0.493 e. The molecular formula is C36H40FNO13. The third-order valence-corrected chi connectivity index (χ3v) is 11.5. The van der Waals surface area contributed by atoms with E-state index in [0.717, 1.165) is 6.08 Å². The summed E-state index contributed by atoms with van der Waals surface area (Å²) in [5, 5.41) is 20.9. The van der Waals surface area contributed by atoms with Crippen molar-refractivity contribution in [3.63, 3.8) is 0 Å². The fraction of sp³-hybridized carbons (Fsp3) is 0.556. The number of Topliss-reactive ketones (excluding diaryl/α,β-unsaturated/α-hetero) is 1. The molecule has 1 aromatic rings. The first-order valence-electron chi connectivity index (χ1n) is 16.6. The van der Waals surface area contributed by atoms with E-state index in [0.29, 0.717) is 24.0 Å². The molecule has 1 heterocycles. The van der Waals surface area contributed by atoms with E-state index in [4.69, 9.17) is 23.7 Å². The molecule has 274 valence electrons. The Morgan fingerprint density at radius 2 is 1.88 bits per heavy atom. The first kappa shape index (κ1) is 36.3. The molecule has 4 aliphatic carbocycles. The Labute approximate surface area is 292 Å². The summed E-state index contributed by atoms with van der Waals surface area (Å²) >= 11 is 0. The van der Waals surface area contributed by atoms with Gasteiger partial charge in [-0.05, 0) is 88.3 Å². The van der Waals surface area contributed by atoms with Crippen molar-refractivity contribution in [3.05, 3.63) is 63.8 Å². The molecule has 1 aliphatic heterocycles. The van der Waals surface area contributed by atoms with Crippen molar-refractivity contribution in [2.24, 2.45) is 22.7 Å². The molecule has 0 radical (unpaired) electrons. The van der Waals surface area contributed by atoms with Crippen molar-refractivity contribution in [1.82, 2.24) is 0 Å². The standard InChI is InChI=1S/C36H40FNO13/c1-32(2)50-29-16-24-23-9-8-21-15-22(39)12-13-33(21,3)35(23,37)27(40)17-34(24,4)36(29,51-32)28(41)18-47-30(42)11-7-20-6-10-25(26(14-20)46-5)49-31(43)19-48-38(44)45/h6-7,10-15,23-24,27,29,40H,8-9,16-19H2,1-5H3/t23?,24-,27-,29+,33-,34-,35-,36+/m0/s1. The molecule has 0 aromatic heterocycles. The quantitative estimate of drug-likeness (QED) is 0.121. The van der Waals surface area contributed by atoms with Gasteiger partial charge in [0.15, 0.2) is 47.6 Å². The zero-order valence-corrected chi connectivity index (χ0v) is 28.8. The van der Waals surface area contributed by atoms with Crippen molar-refractivity contribution in [1.29, 1.82) is 0 Å². The number of ketones is 2. The molecule has 8 atom stereocenters. The van der Waals surface area contributed by atoms with Gasteiger partial charge >= 0.3 is 11.9 Å². The van der Waals surface area contributed by atoms with Crippen LogP contribution in [0.5, 0.6) is 11.5 Å². The van der Waals surface area contributed by atoms with Gasteiger partial charge in [0.2, 0.25) is 5.78 Å².